The van der Waals surface area contributed by atoms with Gasteiger partial charge in [0.2, 0.25) is 15.9 Å². The predicted octanol–water partition coefficient (Wildman–Crippen LogP) is 1.29. The van der Waals surface area contributed by atoms with Crippen LogP contribution < -0.4 is 4.72 Å². The fourth-order valence-electron chi connectivity index (χ4n) is 4.31. The summed E-state index contributed by atoms with van der Waals surface area (Å²) in [7, 11) is -3.62. The van der Waals surface area contributed by atoms with Crippen LogP contribution in [0.1, 0.15) is 44.1 Å². The summed E-state index contributed by atoms with van der Waals surface area (Å²) in [5.74, 6) is 0.941. The lowest BCUT2D eigenvalue weighted by Gasteiger charge is -2.38. The van der Waals surface area contributed by atoms with Gasteiger partial charge in [0.05, 0.1) is 0 Å². The number of rotatable bonds is 5. The van der Waals surface area contributed by atoms with Crippen molar-refractivity contribution in [1.82, 2.24) is 19.7 Å². The van der Waals surface area contributed by atoms with Gasteiger partial charge in [-0.25, -0.2) is 13.1 Å². The number of hydrogen-bond donors (Lipinski definition) is 1. The lowest BCUT2D eigenvalue weighted by molar-refractivity contribution is -0.130. The van der Waals surface area contributed by atoms with Crippen molar-refractivity contribution in [2.24, 2.45) is 5.92 Å². The first kappa shape index (κ1) is 20.3. The number of amides is 1. The van der Waals surface area contributed by atoms with Gasteiger partial charge in [-0.05, 0) is 39.0 Å². The van der Waals surface area contributed by atoms with Crippen molar-refractivity contribution in [2.75, 3.05) is 32.7 Å². The van der Waals surface area contributed by atoms with Crippen molar-refractivity contribution in [1.29, 1.82) is 0 Å². The molecule has 0 aromatic carbocycles. The largest absolute Gasteiger partial charge is 0.360 e. The Bertz CT molecular complexity index is 749. The molecule has 1 N–H and O–H groups in total. The molecule has 1 aliphatic heterocycles. The maximum Gasteiger partial charge on any atom is 0.246 e. The summed E-state index contributed by atoms with van der Waals surface area (Å²) in [6, 6.07) is -0.0547. The summed E-state index contributed by atoms with van der Waals surface area (Å²) in [5, 5.41) is 3.76. The topological polar surface area (TPSA) is 95.8 Å². The zero-order valence-corrected chi connectivity index (χ0v) is 17.2. The van der Waals surface area contributed by atoms with Crippen LogP contribution in [0.3, 0.4) is 0 Å². The van der Waals surface area contributed by atoms with Crippen LogP contribution in [-0.2, 0) is 14.8 Å². The Balaban J connectivity index is 1.55. The molecule has 0 spiro atoms. The molecule has 9 heteroatoms. The van der Waals surface area contributed by atoms with Crippen LogP contribution in [0.25, 0.3) is 0 Å². The quantitative estimate of drug-likeness (QED) is 0.803. The number of nitrogens with zero attached hydrogens (tertiary/aromatic N) is 3. The molecule has 1 aliphatic carbocycles. The Labute approximate surface area is 161 Å². The van der Waals surface area contributed by atoms with Crippen LogP contribution in [0.5, 0.6) is 0 Å². The molecule has 1 aromatic rings. The fourth-order valence-corrected chi connectivity index (χ4v) is 5.92. The number of piperazine rings is 1. The molecular formula is C18H30N4O4S. The van der Waals surface area contributed by atoms with E-state index in [4.69, 9.17) is 4.52 Å². The maximum absolute atomic E-state index is 12.7. The second kappa shape index (κ2) is 8.28. The van der Waals surface area contributed by atoms with Gasteiger partial charge in [-0.1, -0.05) is 11.6 Å². The summed E-state index contributed by atoms with van der Waals surface area (Å²) in [5.41, 5.74) is 0.399. The third-order valence-corrected chi connectivity index (χ3v) is 7.44. The number of sulfonamides is 1. The van der Waals surface area contributed by atoms with Gasteiger partial charge in [0.25, 0.3) is 0 Å². The Morgan fingerprint density at radius 2 is 1.93 bits per heavy atom. The van der Waals surface area contributed by atoms with E-state index in [0.29, 0.717) is 17.4 Å². The Kier molecular flexibility index (Phi) is 6.22. The van der Waals surface area contributed by atoms with Crippen LogP contribution in [0.4, 0.5) is 0 Å². The molecule has 1 saturated carbocycles. The zero-order chi connectivity index (χ0) is 19.6. The van der Waals surface area contributed by atoms with E-state index in [1.807, 2.05) is 4.90 Å². The molecule has 1 aromatic heterocycles. The first-order chi connectivity index (χ1) is 12.8. The fraction of sp³-hybridized carbons (Fsp3) is 0.778. The molecule has 152 valence electrons. The van der Waals surface area contributed by atoms with E-state index in [-0.39, 0.29) is 16.8 Å². The van der Waals surface area contributed by atoms with Gasteiger partial charge < -0.3 is 9.42 Å². The van der Waals surface area contributed by atoms with E-state index in [0.717, 1.165) is 58.4 Å². The van der Waals surface area contributed by atoms with Gasteiger partial charge >= 0.3 is 0 Å². The summed E-state index contributed by atoms with van der Waals surface area (Å²) < 4.78 is 33.4. The SMILES string of the molecule is CC(=O)N1CCN(C[C@@H]2CCC[C@@H](NS(=O)(=O)c3c(C)noc3C)C2)CC1. The van der Waals surface area contributed by atoms with E-state index in [2.05, 4.69) is 14.8 Å². The number of aromatic nitrogens is 1. The van der Waals surface area contributed by atoms with Gasteiger partial charge in [0.15, 0.2) is 5.76 Å². The van der Waals surface area contributed by atoms with Crippen molar-refractivity contribution in [3.05, 3.63) is 11.5 Å². The third kappa shape index (κ3) is 4.89. The van der Waals surface area contributed by atoms with E-state index in [1.165, 1.54) is 0 Å². The lowest BCUT2D eigenvalue weighted by Crippen LogP contribution is -2.50. The normalized spacial score (nSPS) is 24.9. The van der Waals surface area contributed by atoms with Crippen LogP contribution in [0.15, 0.2) is 9.42 Å². The van der Waals surface area contributed by atoms with Crippen molar-refractivity contribution in [2.45, 2.75) is 57.4 Å². The molecule has 27 heavy (non-hydrogen) atoms. The van der Waals surface area contributed by atoms with E-state index in [9.17, 15) is 13.2 Å². The minimum atomic E-state index is -3.62. The lowest BCUT2D eigenvalue weighted by atomic mass is 9.85. The molecule has 0 radical (unpaired) electrons. The first-order valence-corrected chi connectivity index (χ1v) is 11.2. The average molecular weight is 399 g/mol. The van der Waals surface area contributed by atoms with Crippen molar-refractivity contribution >= 4 is 15.9 Å². The highest BCUT2D eigenvalue weighted by Gasteiger charge is 2.31. The van der Waals surface area contributed by atoms with Gasteiger partial charge in [-0.3, -0.25) is 9.69 Å². The van der Waals surface area contributed by atoms with Gasteiger partial charge in [-0.15, -0.1) is 0 Å². The van der Waals surface area contributed by atoms with Gasteiger partial charge in [-0.2, -0.15) is 0 Å². The molecule has 2 atom stereocenters. The van der Waals surface area contributed by atoms with Crippen molar-refractivity contribution < 1.29 is 17.7 Å². The monoisotopic (exact) mass is 398 g/mol. The van der Waals surface area contributed by atoms with Gasteiger partial charge in [0.1, 0.15) is 10.6 Å². The van der Waals surface area contributed by atoms with Crippen LogP contribution >= 0.6 is 0 Å². The van der Waals surface area contributed by atoms with E-state index < -0.39 is 10.0 Å². The maximum atomic E-state index is 12.7. The van der Waals surface area contributed by atoms with Crippen molar-refractivity contribution in [3.63, 3.8) is 0 Å². The third-order valence-electron chi connectivity index (χ3n) is 5.68. The highest BCUT2D eigenvalue weighted by molar-refractivity contribution is 7.89. The number of hydrogen-bond acceptors (Lipinski definition) is 6. The Morgan fingerprint density at radius 1 is 1.22 bits per heavy atom. The highest BCUT2D eigenvalue weighted by Crippen LogP contribution is 2.28. The molecule has 1 saturated heterocycles. The average Bonchev–Trinajstić information content (AvgIpc) is 2.94. The summed E-state index contributed by atoms with van der Waals surface area (Å²) in [6.07, 6.45) is 3.84. The molecular weight excluding hydrogens is 368 g/mol. The molecule has 1 amide bonds. The first-order valence-electron chi connectivity index (χ1n) is 9.69. The summed E-state index contributed by atoms with van der Waals surface area (Å²) in [6.45, 7) is 9.21. The van der Waals surface area contributed by atoms with E-state index >= 15 is 0 Å². The molecule has 2 heterocycles. The second-order valence-corrected chi connectivity index (χ2v) is 9.46. The molecule has 3 rings (SSSR count). The number of aryl methyl sites for hydroxylation is 2. The summed E-state index contributed by atoms with van der Waals surface area (Å²) >= 11 is 0. The number of nitrogens with one attached hydrogen (secondary N) is 1. The Morgan fingerprint density at radius 3 is 2.52 bits per heavy atom. The molecule has 0 unspecified atom stereocenters. The molecule has 8 nitrogen and oxygen atoms in total. The zero-order valence-electron chi connectivity index (χ0n) is 16.4. The smallest absolute Gasteiger partial charge is 0.246 e. The minimum Gasteiger partial charge on any atom is -0.360 e. The number of carbonyl (C=O) groups is 1. The van der Waals surface area contributed by atoms with Crippen LogP contribution in [-0.4, -0.2) is 68.0 Å². The van der Waals surface area contributed by atoms with Crippen LogP contribution in [0, 0.1) is 19.8 Å². The van der Waals surface area contributed by atoms with Gasteiger partial charge in [0, 0.05) is 45.7 Å². The molecule has 0 bridgehead atoms. The minimum absolute atomic E-state index is 0.0547. The Hall–Kier alpha value is -1.45. The van der Waals surface area contributed by atoms with Crippen LogP contribution in [0.2, 0.25) is 0 Å². The molecule has 2 aliphatic rings. The predicted molar refractivity (Wildman–Crippen MR) is 101 cm³/mol. The van der Waals surface area contributed by atoms with E-state index in [1.54, 1.807) is 20.8 Å². The second-order valence-electron chi connectivity index (χ2n) is 7.81. The summed E-state index contributed by atoms with van der Waals surface area (Å²) in [4.78, 5) is 15.9. The standard InChI is InChI=1S/C18H30N4O4S/c1-13-18(14(2)26-19-13)27(24,25)20-17-6-4-5-16(11-17)12-21-7-9-22(10-8-21)15(3)23/h16-17,20H,4-12H2,1-3H3/t16-,17-/m1/s1. The highest BCUT2D eigenvalue weighted by atomic mass is 32.2. The number of carbonyl (C=O) groups excluding carboxylic acids is 1. The molecule has 2 fully saturated rings. The van der Waals surface area contributed by atoms with Crippen molar-refractivity contribution in [3.8, 4) is 0 Å².